The van der Waals surface area contributed by atoms with Crippen LogP contribution in [-0.4, -0.2) is 9.55 Å². The predicted octanol–water partition coefficient (Wildman–Crippen LogP) is 6.14. The smallest absolute Gasteiger partial charge is 0.261 e. The number of benzene rings is 3. The minimum atomic E-state index is 0.0388. The number of rotatable bonds is 7. The van der Waals surface area contributed by atoms with Crippen LogP contribution in [0.15, 0.2) is 89.7 Å². The van der Waals surface area contributed by atoms with E-state index in [1.807, 2.05) is 55.5 Å². The summed E-state index contributed by atoms with van der Waals surface area (Å²) in [7, 11) is 0. The van der Waals surface area contributed by atoms with E-state index in [4.69, 9.17) is 4.98 Å². The maximum absolute atomic E-state index is 13.6. The van der Waals surface area contributed by atoms with Crippen LogP contribution in [0.4, 0.5) is 0 Å². The number of aryl methyl sites for hydroxylation is 2. The highest BCUT2D eigenvalue weighted by molar-refractivity contribution is 5.63. The van der Waals surface area contributed by atoms with Gasteiger partial charge in [0, 0.05) is 12.0 Å². The zero-order valence-electron chi connectivity index (χ0n) is 18.2. The molecule has 0 atom stereocenters. The number of hydrogen-bond acceptors (Lipinski definition) is 2. The van der Waals surface area contributed by atoms with Crippen LogP contribution in [0.2, 0.25) is 0 Å². The van der Waals surface area contributed by atoms with Crippen LogP contribution in [0, 0.1) is 6.92 Å². The second-order valence-corrected chi connectivity index (χ2v) is 7.90. The molecule has 0 aliphatic heterocycles. The summed E-state index contributed by atoms with van der Waals surface area (Å²) in [5.41, 5.74) is 6.14. The number of unbranched alkanes of at least 4 members (excludes halogenated alkanes) is 1. The van der Waals surface area contributed by atoms with Gasteiger partial charge in [-0.3, -0.25) is 9.36 Å². The Bertz CT molecular complexity index is 1190. The molecule has 0 N–H and O–H groups in total. The van der Waals surface area contributed by atoms with Crippen LogP contribution in [0.5, 0.6) is 0 Å². The maximum Gasteiger partial charge on any atom is 0.261 e. The van der Waals surface area contributed by atoms with Crippen molar-refractivity contribution in [2.24, 2.45) is 0 Å². The summed E-state index contributed by atoms with van der Waals surface area (Å²) >= 11 is 0. The molecular weight excluding hydrogens is 380 g/mol. The summed E-state index contributed by atoms with van der Waals surface area (Å²) in [6.07, 6.45) is 3.53. The van der Waals surface area contributed by atoms with Gasteiger partial charge in [-0.15, -0.1) is 0 Å². The second-order valence-electron chi connectivity index (χ2n) is 7.90. The SMILES string of the molecule is CCCCc1nc(C)n(-c2ccccc2)c(=O)c1Cc1ccc(-c2ccccc2)cc1. The average molecular weight is 409 g/mol. The molecule has 0 saturated carbocycles. The molecule has 0 spiro atoms. The van der Waals surface area contributed by atoms with Gasteiger partial charge in [-0.05, 0) is 48.6 Å². The van der Waals surface area contributed by atoms with Crippen molar-refractivity contribution in [2.45, 2.75) is 39.5 Å². The van der Waals surface area contributed by atoms with Gasteiger partial charge in [-0.1, -0.05) is 86.1 Å². The summed E-state index contributed by atoms with van der Waals surface area (Å²) in [6, 6.07) is 28.6. The minimum Gasteiger partial charge on any atom is -0.269 e. The van der Waals surface area contributed by atoms with Crippen LogP contribution in [-0.2, 0) is 12.8 Å². The molecule has 1 aromatic heterocycles. The molecule has 1 heterocycles. The summed E-state index contributed by atoms with van der Waals surface area (Å²) < 4.78 is 1.74. The van der Waals surface area contributed by atoms with E-state index in [-0.39, 0.29) is 5.56 Å². The number of para-hydroxylation sites is 1. The number of nitrogens with zero attached hydrogens (tertiary/aromatic N) is 2. The lowest BCUT2D eigenvalue weighted by molar-refractivity contribution is 0.733. The first kappa shape index (κ1) is 20.8. The van der Waals surface area contributed by atoms with Gasteiger partial charge < -0.3 is 0 Å². The normalized spacial score (nSPS) is 10.9. The summed E-state index contributed by atoms with van der Waals surface area (Å²) in [5, 5.41) is 0. The largest absolute Gasteiger partial charge is 0.269 e. The fourth-order valence-electron chi connectivity index (χ4n) is 3.98. The van der Waals surface area contributed by atoms with Crippen LogP contribution in [0.1, 0.15) is 42.4 Å². The van der Waals surface area contributed by atoms with Crippen LogP contribution < -0.4 is 5.56 Å². The Kier molecular flexibility index (Phi) is 6.42. The first-order valence-corrected chi connectivity index (χ1v) is 11.0. The van der Waals surface area contributed by atoms with Gasteiger partial charge in [0.1, 0.15) is 5.82 Å². The molecule has 0 unspecified atom stereocenters. The van der Waals surface area contributed by atoms with E-state index in [1.165, 1.54) is 11.1 Å². The van der Waals surface area contributed by atoms with Crippen molar-refractivity contribution in [1.82, 2.24) is 9.55 Å². The van der Waals surface area contributed by atoms with Gasteiger partial charge in [-0.2, -0.15) is 0 Å². The Balaban J connectivity index is 1.73. The van der Waals surface area contributed by atoms with E-state index in [0.717, 1.165) is 47.6 Å². The summed E-state index contributed by atoms with van der Waals surface area (Å²) in [5.74, 6) is 0.741. The minimum absolute atomic E-state index is 0.0388. The zero-order valence-corrected chi connectivity index (χ0v) is 18.2. The van der Waals surface area contributed by atoms with Crippen molar-refractivity contribution in [2.75, 3.05) is 0 Å². The zero-order chi connectivity index (χ0) is 21.6. The molecule has 0 aliphatic rings. The molecule has 0 radical (unpaired) electrons. The first-order chi connectivity index (χ1) is 15.2. The molecule has 0 aliphatic carbocycles. The van der Waals surface area contributed by atoms with Crippen molar-refractivity contribution in [3.8, 4) is 16.8 Å². The lowest BCUT2D eigenvalue weighted by Gasteiger charge is -2.16. The number of hydrogen-bond donors (Lipinski definition) is 0. The second kappa shape index (κ2) is 9.57. The molecule has 0 saturated heterocycles. The van der Waals surface area contributed by atoms with Crippen molar-refractivity contribution in [3.05, 3.63) is 118 Å². The third-order valence-corrected chi connectivity index (χ3v) is 5.65. The number of aromatic nitrogens is 2. The van der Waals surface area contributed by atoms with Gasteiger partial charge >= 0.3 is 0 Å². The average Bonchev–Trinajstić information content (AvgIpc) is 2.81. The van der Waals surface area contributed by atoms with Gasteiger partial charge in [0.15, 0.2) is 0 Å². The highest BCUT2D eigenvalue weighted by atomic mass is 16.1. The monoisotopic (exact) mass is 408 g/mol. The van der Waals surface area contributed by atoms with Crippen molar-refractivity contribution >= 4 is 0 Å². The summed E-state index contributed by atoms with van der Waals surface area (Å²) in [6.45, 7) is 4.09. The fraction of sp³-hybridized carbons (Fsp3) is 0.214. The quantitative estimate of drug-likeness (QED) is 0.368. The molecule has 0 bridgehead atoms. The Morgan fingerprint density at radius 2 is 1.42 bits per heavy atom. The molecule has 3 nitrogen and oxygen atoms in total. The van der Waals surface area contributed by atoms with Crippen molar-refractivity contribution in [3.63, 3.8) is 0 Å². The molecule has 4 rings (SSSR count). The standard InChI is InChI=1S/C28H28N2O/c1-3-4-15-27-26(28(31)30(21(2)29-27)25-13-9-6-10-14-25)20-22-16-18-24(19-17-22)23-11-7-5-8-12-23/h5-14,16-19H,3-4,15,20H2,1-2H3. The van der Waals surface area contributed by atoms with E-state index in [2.05, 4.69) is 43.3 Å². The van der Waals surface area contributed by atoms with E-state index in [9.17, 15) is 4.79 Å². The van der Waals surface area contributed by atoms with Crippen LogP contribution in [0.25, 0.3) is 16.8 Å². The highest BCUT2D eigenvalue weighted by Gasteiger charge is 2.16. The Hall–Kier alpha value is -3.46. The van der Waals surface area contributed by atoms with E-state index in [0.29, 0.717) is 6.42 Å². The van der Waals surface area contributed by atoms with Gasteiger partial charge in [0.25, 0.3) is 5.56 Å². The van der Waals surface area contributed by atoms with Crippen LogP contribution >= 0.6 is 0 Å². The fourth-order valence-corrected chi connectivity index (χ4v) is 3.98. The molecule has 156 valence electrons. The molecule has 4 aromatic rings. The van der Waals surface area contributed by atoms with Gasteiger partial charge in [0.05, 0.1) is 11.4 Å². The molecule has 3 heteroatoms. The lowest BCUT2D eigenvalue weighted by Crippen LogP contribution is -2.28. The maximum atomic E-state index is 13.6. The molecule has 0 amide bonds. The Morgan fingerprint density at radius 1 is 0.806 bits per heavy atom. The van der Waals surface area contributed by atoms with E-state index < -0.39 is 0 Å². The first-order valence-electron chi connectivity index (χ1n) is 11.0. The third kappa shape index (κ3) is 4.66. The Morgan fingerprint density at radius 3 is 2.06 bits per heavy atom. The van der Waals surface area contributed by atoms with Crippen molar-refractivity contribution < 1.29 is 0 Å². The highest BCUT2D eigenvalue weighted by Crippen LogP contribution is 2.21. The topological polar surface area (TPSA) is 34.9 Å². The van der Waals surface area contributed by atoms with E-state index in [1.54, 1.807) is 4.57 Å². The molecule has 31 heavy (non-hydrogen) atoms. The van der Waals surface area contributed by atoms with Gasteiger partial charge in [-0.25, -0.2) is 4.98 Å². The van der Waals surface area contributed by atoms with Crippen LogP contribution in [0.3, 0.4) is 0 Å². The molecule has 3 aromatic carbocycles. The Labute approximate surface area is 184 Å². The van der Waals surface area contributed by atoms with E-state index >= 15 is 0 Å². The molecule has 0 fully saturated rings. The third-order valence-electron chi connectivity index (χ3n) is 5.65. The molecular formula is C28H28N2O. The summed E-state index contributed by atoms with van der Waals surface area (Å²) in [4.78, 5) is 18.5. The van der Waals surface area contributed by atoms with Gasteiger partial charge in [0.2, 0.25) is 0 Å². The predicted molar refractivity (Wildman–Crippen MR) is 128 cm³/mol. The van der Waals surface area contributed by atoms with Crippen molar-refractivity contribution in [1.29, 1.82) is 0 Å². The lowest BCUT2D eigenvalue weighted by atomic mass is 9.98.